The maximum absolute atomic E-state index is 11.4. The molecule has 0 aliphatic heterocycles. The van der Waals surface area contributed by atoms with Crippen molar-refractivity contribution in [2.75, 3.05) is 0 Å². The van der Waals surface area contributed by atoms with E-state index in [2.05, 4.69) is 0 Å². The number of hydrogen-bond acceptors (Lipinski definition) is 3. The zero-order chi connectivity index (χ0) is 20.3. The first-order valence-electron chi connectivity index (χ1n) is 8.28. The van der Waals surface area contributed by atoms with Crippen LogP contribution in [0.1, 0.15) is 36.6 Å². The van der Waals surface area contributed by atoms with Gasteiger partial charge in [-0.2, -0.15) is 4.57 Å². The quantitative estimate of drug-likeness (QED) is 0.568. The molecule has 0 fully saturated rings. The van der Waals surface area contributed by atoms with Crippen LogP contribution in [-0.4, -0.2) is 33.2 Å². The highest BCUT2D eigenvalue weighted by Crippen LogP contribution is 2.20. The maximum atomic E-state index is 11.4. The van der Waals surface area contributed by atoms with Gasteiger partial charge in [-0.3, -0.25) is 0 Å². The third-order valence-corrected chi connectivity index (χ3v) is 4.22. The van der Waals surface area contributed by atoms with E-state index in [4.69, 9.17) is 5.11 Å². The van der Waals surface area contributed by atoms with E-state index in [1.54, 1.807) is 36.5 Å². The Morgan fingerprint density at radius 3 is 1.82 bits per heavy atom. The summed E-state index contributed by atoms with van der Waals surface area (Å²) in [6.45, 7) is 0.399. The van der Waals surface area contributed by atoms with Gasteiger partial charge in [0.05, 0.1) is 16.7 Å². The van der Waals surface area contributed by atoms with Gasteiger partial charge in [0.1, 0.15) is 0 Å². The lowest BCUT2D eigenvalue weighted by atomic mass is 10.0. The number of nitrogens with zero attached hydrogens (tertiary/aromatic N) is 1. The van der Waals surface area contributed by atoms with Gasteiger partial charge in [0.15, 0.2) is 12.7 Å². The lowest BCUT2D eigenvalue weighted by molar-refractivity contribution is -0.677. The average Bonchev–Trinajstić information content (AvgIpc) is 2.68. The Kier molecular flexibility index (Phi) is 5.17. The van der Waals surface area contributed by atoms with Crippen LogP contribution < -0.4 is 4.57 Å². The minimum absolute atomic E-state index is 0.115. The molecule has 7 nitrogen and oxygen atoms in total. The number of aromatic nitrogens is 1. The fraction of sp³-hybridized carbons (Fsp3) is 0.0476. The molecule has 0 aliphatic rings. The first-order chi connectivity index (χ1) is 13.3. The second-order valence-corrected chi connectivity index (χ2v) is 6.13. The van der Waals surface area contributed by atoms with Gasteiger partial charge in [-0.05, 0) is 36.4 Å². The summed E-state index contributed by atoms with van der Waals surface area (Å²) in [7, 11) is 0. The van der Waals surface area contributed by atoms with E-state index in [0.717, 1.165) is 11.6 Å². The van der Waals surface area contributed by atoms with Gasteiger partial charge < -0.3 is 15.3 Å². The molecular weight excluding hydrogens is 362 g/mol. The monoisotopic (exact) mass is 378 g/mol. The molecule has 3 N–H and O–H groups in total. The van der Waals surface area contributed by atoms with E-state index in [1.165, 1.54) is 24.3 Å². The van der Waals surface area contributed by atoms with Crippen LogP contribution >= 0.6 is 0 Å². The van der Waals surface area contributed by atoms with Gasteiger partial charge in [0.2, 0.25) is 5.69 Å². The largest absolute Gasteiger partial charge is 0.478 e. The molecule has 0 unspecified atom stereocenters. The Labute approximate surface area is 159 Å². The van der Waals surface area contributed by atoms with Gasteiger partial charge in [-0.15, -0.1) is 0 Å². The Hall–Kier alpha value is -4.00. The van der Waals surface area contributed by atoms with Crippen molar-refractivity contribution in [3.63, 3.8) is 0 Å². The van der Waals surface area contributed by atoms with E-state index < -0.39 is 17.9 Å². The van der Waals surface area contributed by atoms with Gasteiger partial charge in [-0.1, -0.05) is 12.1 Å². The highest BCUT2D eigenvalue weighted by Gasteiger charge is 2.18. The van der Waals surface area contributed by atoms with E-state index in [9.17, 15) is 24.6 Å². The van der Waals surface area contributed by atoms with Crippen LogP contribution in [-0.2, 0) is 6.54 Å². The zero-order valence-electron chi connectivity index (χ0n) is 14.6. The smallest absolute Gasteiger partial charge is 0.335 e. The van der Waals surface area contributed by atoms with Crippen LogP contribution in [0.25, 0.3) is 11.3 Å². The van der Waals surface area contributed by atoms with E-state index in [1.807, 2.05) is 4.57 Å². The third kappa shape index (κ3) is 4.04. The van der Waals surface area contributed by atoms with E-state index in [-0.39, 0.29) is 16.7 Å². The fourth-order valence-corrected chi connectivity index (χ4v) is 2.85. The minimum atomic E-state index is -1.21. The SMILES string of the molecule is O=C(O)c1ccc(C[n+]2ccccc2-c2cc(C(=O)O)cc(C(=O)O)c2)cc1. The molecule has 1 heterocycles. The Morgan fingerprint density at radius 1 is 0.714 bits per heavy atom. The van der Waals surface area contributed by atoms with Crippen LogP contribution in [0.4, 0.5) is 0 Å². The Bertz CT molecular complexity index is 1040. The molecule has 0 aliphatic carbocycles. The van der Waals surface area contributed by atoms with Crippen molar-refractivity contribution in [1.82, 2.24) is 0 Å². The topological polar surface area (TPSA) is 116 Å². The maximum Gasteiger partial charge on any atom is 0.335 e. The predicted octanol–water partition coefficient (Wildman–Crippen LogP) is 2.78. The summed E-state index contributed by atoms with van der Waals surface area (Å²) >= 11 is 0. The van der Waals surface area contributed by atoms with Crippen molar-refractivity contribution in [3.8, 4) is 11.3 Å². The molecule has 1 aromatic heterocycles. The molecule has 0 saturated heterocycles. The zero-order valence-corrected chi connectivity index (χ0v) is 14.6. The van der Waals surface area contributed by atoms with Gasteiger partial charge in [-0.25, -0.2) is 14.4 Å². The van der Waals surface area contributed by atoms with Crippen LogP contribution in [0, 0.1) is 0 Å². The molecule has 0 radical (unpaired) electrons. The van der Waals surface area contributed by atoms with Crippen molar-refractivity contribution in [1.29, 1.82) is 0 Å². The number of carboxylic acid groups (broad SMARTS) is 3. The summed E-state index contributed by atoms with van der Waals surface area (Å²) in [6.07, 6.45) is 1.79. The van der Waals surface area contributed by atoms with Gasteiger partial charge in [0, 0.05) is 23.3 Å². The van der Waals surface area contributed by atoms with Gasteiger partial charge in [0.25, 0.3) is 0 Å². The summed E-state index contributed by atoms with van der Waals surface area (Å²) in [5, 5.41) is 27.6. The summed E-state index contributed by atoms with van der Waals surface area (Å²) in [4.78, 5) is 33.7. The molecule has 0 spiro atoms. The molecule has 0 amide bonds. The Morgan fingerprint density at radius 2 is 1.29 bits per heavy atom. The molecule has 3 rings (SSSR count). The molecule has 140 valence electrons. The highest BCUT2D eigenvalue weighted by molar-refractivity contribution is 5.95. The standard InChI is InChI=1S/C21H15NO6/c23-19(24)14-6-4-13(5-7-14)12-22-8-2-1-3-18(22)15-9-16(20(25)26)11-17(10-15)21(27)28/h1-11H,12H2,(H2-,23,24,25,26,27,28)/p+1. The summed E-state index contributed by atoms with van der Waals surface area (Å²) in [5.41, 5.74) is 1.89. The Balaban J connectivity index is 2.04. The highest BCUT2D eigenvalue weighted by atomic mass is 16.4. The number of aromatic carboxylic acids is 3. The van der Waals surface area contributed by atoms with Crippen LogP contribution in [0.5, 0.6) is 0 Å². The number of benzene rings is 2. The van der Waals surface area contributed by atoms with Crippen molar-refractivity contribution in [3.05, 3.63) is 89.1 Å². The molecule has 0 saturated carbocycles. The summed E-state index contributed by atoms with van der Waals surface area (Å²) < 4.78 is 1.84. The summed E-state index contributed by atoms with van der Waals surface area (Å²) in [6, 6.07) is 15.7. The minimum Gasteiger partial charge on any atom is -0.478 e. The van der Waals surface area contributed by atoms with E-state index >= 15 is 0 Å². The molecule has 3 aromatic rings. The van der Waals surface area contributed by atoms with Gasteiger partial charge >= 0.3 is 17.9 Å². The number of pyridine rings is 1. The van der Waals surface area contributed by atoms with E-state index in [0.29, 0.717) is 17.8 Å². The van der Waals surface area contributed by atoms with Crippen LogP contribution in [0.2, 0.25) is 0 Å². The normalized spacial score (nSPS) is 10.4. The number of carbonyl (C=O) groups is 3. The average molecular weight is 378 g/mol. The molecule has 28 heavy (non-hydrogen) atoms. The second kappa shape index (κ2) is 7.71. The molecular formula is C21H16NO6+. The lowest BCUT2D eigenvalue weighted by Gasteiger charge is -2.07. The second-order valence-electron chi connectivity index (χ2n) is 6.13. The number of rotatable bonds is 6. The van der Waals surface area contributed by atoms with Crippen LogP contribution in [0.15, 0.2) is 66.9 Å². The van der Waals surface area contributed by atoms with Crippen LogP contribution in [0.3, 0.4) is 0 Å². The number of carboxylic acids is 3. The summed E-state index contributed by atoms with van der Waals surface area (Å²) in [5.74, 6) is -3.43. The molecule has 0 atom stereocenters. The third-order valence-electron chi connectivity index (χ3n) is 4.22. The fourth-order valence-electron chi connectivity index (χ4n) is 2.85. The number of hydrogen-bond donors (Lipinski definition) is 3. The van der Waals surface area contributed by atoms with Crippen molar-refractivity contribution < 1.29 is 34.3 Å². The first-order valence-corrected chi connectivity index (χ1v) is 8.28. The predicted molar refractivity (Wildman–Crippen MR) is 98.5 cm³/mol. The van der Waals surface area contributed by atoms with Crippen molar-refractivity contribution in [2.24, 2.45) is 0 Å². The van der Waals surface area contributed by atoms with Crippen molar-refractivity contribution >= 4 is 17.9 Å². The van der Waals surface area contributed by atoms with Crippen molar-refractivity contribution in [2.45, 2.75) is 6.54 Å². The molecule has 2 aromatic carbocycles. The first kappa shape index (κ1) is 18.8. The molecule has 7 heteroatoms. The molecule has 0 bridgehead atoms. The lowest BCUT2D eigenvalue weighted by Crippen LogP contribution is -2.36.